The van der Waals surface area contributed by atoms with E-state index in [1.807, 2.05) is 23.1 Å². The number of halogens is 1. The van der Waals surface area contributed by atoms with Gasteiger partial charge >= 0.3 is 0 Å². The molecule has 0 atom stereocenters. The largest absolute Gasteiger partial charge is 0.334 e. The Morgan fingerprint density at radius 2 is 1.86 bits per heavy atom. The van der Waals surface area contributed by atoms with Gasteiger partial charge in [0.25, 0.3) is 5.91 Å². The van der Waals surface area contributed by atoms with Crippen LogP contribution < -0.4 is 5.32 Å². The lowest BCUT2D eigenvalue weighted by atomic mass is 9.95. The summed E-state index contributed by atoms with van der Waals surface area (Å²) in [6.07, 6.45) is 7.10. The molecule has 4 rings (SSSR count). The molecule has 0 saturated carbocycles. The number of anilines is 1. The van der Waals surface area contributed by atoms with Gasteiger partial charge < -0.3 is 10.2 Å². The van der Waals surface area contributed by atoms with Gasteiger partial charge in [-0.25, -0.2) is 0 Å². The van der Waals surface area contributed by atoms with E-state index in [9.17, 15) is 9.59 Å². The Morgan fingerprint density at radius 1 is 1.00 bits per heavy atom. The molecule has 0 saturated heterocycles. The first-order valence-electron chi connectivity index (χ1n) is 9.78. The van der Waals surface area contributed by atoms with Crippen LogP contribution in [-0.2, 0) is 17.8 Å². The lowest BCUT2D eigenvalue weighted by molar-refractivity contribution is -0.128. The number of hydrogen-bond acceptors (Lipinski definition) is 2. The maximum absolute atomic E-state index is 12.8. The minimum absolute atomic E-state index is 0.163. The van der Waals surface area contributed by atoms with E-state index in [2.05, 4.69) is 11.4 Å². The fourth-order valence-corrected chi connectivity index (χ4v) is 4.11. The third kappa shape index (κ3) is 3.97. The number of nitrogens with zero attached hydrogens (tertiary/aromatic N) is 1. The SMILES string of the molecule is O=C(Nc1ccc2c(c1)CN(C(=O)C1=CCCCC1)CC2)c1ccccc1Cl. The highest BCUT2D eigenvalue weighted by Gasteiger charge is 2.24. The Hall–Kier alpha value is -2.59. The molecule has 5 heteroatoms. The van der Waals surface area contributed by atoms with Crippen LogP contribution in [0.1, 0.15) is 47.2 Å². The summed E-state index contributed by atoms with van der Waals surface area (Å²) in [5.41, 5.74) is 4.45. The van der Waals surface area contributed by atoms with Crippen LogP contribution in [0.5, 0.6) is 0 Å². The number of fused-ring (bicyclic) bond motifs is 1. The topological polar surface area (TPSA) is 49.4 Å². The highest BCUT2D eigenvalue weighted by atomic mass is 35.5. The van der Waals surface area contributed by atoms with Gasteiger partial charge in [0.2, 0.25) is 5.91 Å². The van der Waals surface area contributed by atoms with Gasteiger partial charge in [0, 0.05) is 24.4 Å². The number of benzene rings is 2. The van der Waals surface area contributed by atoms with Gasteiger partial charge in [-0.3, -0.25) is 9.59 Å². The molecule has 2 aromatic rings. The Labute approximate surface area is 170 Å². The summed E-state index contributed by atoms with van der Waals surface area (Å²) in [5, 5.41) is 3.34. The van der Waals surface area contributed by atoms with Gasteiger partial charge in [-0.2, -0.15) is 0 Å². The van der Waals surface area contributed by atoms with E-state index in [0.717, 1.165) is 49.1 Å². The first-order chi connectivity index (χ1) is 13.6. The van der Waals surface area contributed by atoms with E-state index in [0.29, 0.717) is 17.1 Å². The summed E-state index contributed by atoms with van der Waals surface area (Å²) in [7, 11) is 0. The molecule has 1 N–H and O–H groups in total. The van der Waals surface area contributed by atoms with Crippen molar-refractivity contribution in [1.82, 2.24) is 4.90 Å². The van der Waals surface area contributed by atoms with Gasteiger partial charge in [0.1, 0.15) is 0 Å². The minimum Gasteiger partial charge on any atom is -0.334 e. The van der Waals surface area contributed by atoms with Crippen molar-refractivity contribution in [3.8, 4) is 0 Å². The molecule has 144 valence electrons. The highest BCUT2D eigenvalue weighted by Crippen LogP contribution is 2.26. The minimum atomic E-state index is -0.235. The lowest BCUT2D eigenvalue weighted by Crippen LogP contribution is -2.37. The predicted molar refractivity (Wildman–Crippen MR) is 112 cm³/mol. The molecule has 0 radical (unpaired) electrons. The summed E-state index contributed by atoms with van der Waals surface area (Å²) in [6.45, 7) is 1.33. The van der Waals surface area contributed by atoms with E-state index < -0.39 is 0 Å². The predicted octanol–water partition coefficient (Wildman–Crippen LogP) is 4.98. The molecule has 0 spiro atoms. The van der Waals surface area contributed by atoms with E-state index in [1.165, 1.54) is 12.0 Å². The zero-order chi connectivity index (χ0) is 19.5. The zero-order valence-corrected chi connectivity index (χ0v) is 16.5. The van der Waals surface area contributed by atoms with Crippen LogP contribution in [0.2, 0.25) is 5.02 Å². The van der Waals surface area contributed by atoms with Crippen LogP contribution in [0, 0.1) is 0 Å². The molecule has 2 aromatic carbocycles. The normalized spacial score (nSPS) is 16.2. The van der Waals surface area contributed by atoms with Gasteiger partial charge in [-0.1, -0.05) is 35.9 Å². The number of carbonyl (C=O) groups excluding carboxylic acids is 2. The van der Waals surface area contributed by atoms with Crippen LogP contribution >= 0.6 is 11.6 Å². The molecule has 1 aliphatic carbocycles. The van der Waals surface area contributed by atoms with Gasteiger partial charge in [0.15, 0.2) is 0 Å². The lowest BCUT2D eigenvalue weighted by Gasteiger charge is -2.30. The quantitative estimate of drug-likeness (QED) is 0.798. The van der Waals surface area contributed by atoms with E-state index in [4.69, 9.17) is 11.6 Å². The number of nitrogens with one attached hydrogen (secondary N) is 1. The van der Waals surface area contributed by atoms with Gasteiger partial charge in [-0.15, -0.1) is 0 Å². The smallest absolute Gasteiger partial charge is 0.257 e. The average Bonchev–Trinajstić information content (AvgIpc) is 2.73. The van der Waals surface area contributed by atoms with E-state index in [-0.39, 0.29) is 11.8 Å². The Balaban J connectivity index is 1.49. The van der Waals surface area contributed by atoms with Crippen LogP contribution in [0.25, 0.3) is 0 Å². The van der Waals surface area contributed by atoms with E-state index >= 15 is 0 Å². The number of rotatable bonds is 3. The standard InChI is InChI=1S/C23H23ClN2O2/c24-21-9-5-4-8-20(21)22(27)25-19-11-10-16-12-13-26(15-18(16)14-19)23(28)17-6-2-1-3-7-17/h4-6,8-11,14H,1-3,7,12-13,15H2,(H,25,27). The summed E-state index contributed by atoms with van der Waals surface area (Å²) in [6, 6.07) is 12.9. The van der Waals surface area contributed by atoms with Crippen LogP contribution in [-0.4, -0.2) is 23.3 Å². The van der Waals surface area contributed by atoms with Crippen molar-refractivity contribution in [1.29, 1.82) is 0 Å². The molecule has 2 aliphatic rings. The molecule has 28 heavy (non-hydrogen) atoms. The third-order valence-electron chi connectivity index (χ3n) is 5.45. The highest BCUT2D eigenvalue weighted by molar-refractivity contribution is 6.34. The molecule has 0 aromatic heterocycles. The summed E-state index contributed by atoms with van der Waals surface area (Å²) in [4.78, 5) is 27.3. The maximum Gasteiger partial charge on any atom is 0.257 e. The van der Waals surface area contributed by atoms with Crippen molar-refractivity contribution in [3.05, 3.63) is 75.8 Å². The summed E-state index contributed by atoms with van der Waals surface area (Å²) >= 11 is 6.12. The van der Waals surface area contributed by atoms with Crippen molar-refractivity contribution in [3.63, 3.8) is 0 Å². The fraction of sp³-hybridized carbons (Fsp3) is 0.304. The molecule has 2 amide bonds. The monoisotopic (exact) mass is 394 g/mol. The molecular formula is C23H23ClN2O2. The third-order valence-corrected chi connectivity index (χ3v) is 5.78. The van der Waals surface area contributed by atoms with Crippen LogP contribution in [0.4, 0.5) is 5.69 Å². The van der Waals surface area contributed by atoms with Gasteiger partial charge in [-0.05, 0) is 67.5 Å². The number of allylic oxidation sites excluding steroid dienone is 1. The second-order valence-corrected chi connectivity index (χ2v) is 7.78. The Bertz CT molecular complexity index is 951. The van der Waals surface area contributed by atoms with Crippen molar-refractivity contribution in [2.45, 2.75) is 38.6 Å². The number of hydrogen-bond donors (Lipinski definition) is 1. The van der Waals surface area contributed by atoms with Crippen molar-refractivity contribution in [2.75, 3.05) is 11.9 Å². The first-order valence-corrected chi connectivity index (χ1v) is 10.2. The maximum atomic E-state index is 12.8. The molecule has 4 nitrogen and oxygen atoms in total. The van der Waals surface area contributed by atoms with Crippen molar-refractivity contribution < 1.29 is 9.59 Å². The molecule has 0 fully saturated rings. The summed E-state index contributed by atoms with van der Waals surface area (Å²) < 4.78 is 0. The van der Waals surface area contributed by atoms with Crippen molar-refractivity contribution >= 4 is 29.1 Å². The number of carbonyl (C=O) groups is 2. The van der Waals surface area contributed by atoms with Crippen LogP contribution in [0.15, 0.2) is 54.1 Å². The second kappa shape index (κ2) is 8.19. The Morgan fingerprint density at radius 3 is 2.64 bits per heavy atom. The zero-order valence-electron chi connectivity index (χ0n) is 15.7. The molecule has 0 bridgehead atoms. The summed E-state index contributed by atoms with van der Waals surface area (Å²) in [5.74, 6) is -0.0718. The van der Waals surface area contributed by atoms with Crippen molar-refractivity contribution in [2.24, 2.45) is 0 Å². The van der Waals surface area contributed by atoms with Crippen LogP contribution in [0.3, 0.4) is 0 Å². The molecule has 0 unspecified atom stereocenters. The fourth-order valence-electron chi connectivity index (χ4n) is 3.89. The molecule has 1 heterocycles. The van der Waals surface area contributed by atoms with Gasteiger partial charge in [0.05, 0.1) is 10.6 Å². The molecular weight excluding hydrogens is 372 g/mol. The second-order valence-electron chi connectivity index (χ2n) is 7.37. The average molecular weight is 395 g/mol. The number of amides is 2. The molecule has 1 aliphatic heterocycles. The Kier molecular flexibility index (Phi) is 5.49. The van der Waals surface area contributed by atoms with E-state index in [1.54, 1.807) is 24.3 Å². The first kappa shape index (κ1) is 18.8.